The molecule has 2 aliphatic rings. The molecule has 0 unspecified atom stereocenters. The van der Waals surface area contributed by atoms with E-state index >= 15 is 0 Å². The molecule has 1 aliphatic heterocycles. The number of halogens is 4. The Balaban J connectivity index is 1.39. The summed E-state index contributed by atoms with van der Waals surface area (Å²) in [5.74, 6) is -3.01. The number of alkyl halides is 4. The van der Waals surface area contributed by atoms with Crippen LogP contribution < -0.4 is 10.6 Å². The summed E-state index contributed by atoms with van der Waals surface area (Å²) in [6.45, 7) is -0.125. The number of alkyl carbamates (subject to hydrolysis) is 1. The number of rotatable bonds is 10. The summed E-state index contributed by atoms with van der Waals surface area (Å²) in [6.07, 6.45) is -3.81. The molecule has 3 amide bonds. The van der Waals surface area contributed by atoms with Crippen molar-refractivity contribution < 1.29 is 41.0 Å². The number of urea groups is 1. The van der Waals surface area contributed by atoms with Crippen LogP contribution in [0.15, 0.2) is 52.9 Å². The first-order valence-corrected chi connectivity index (χ1v) is 13.7. The van der Waals surface area contributed by atoms with E-state index in [1.807, 2.05) is 30.3 Å². The van der Waals surface area contributed by atoms with Gasteiger partial charge in [-0.25, -0.2) is 32.1 Å². The van der Waals surface area contributed by atoms with Gasteiger partial charge in [0, 0.05) is 26.5 Å². The first-order valence-electron chi connectivity index (χ1n) is 13.7. The van der Waals surface area contributed by atoms with E-state index in [9.17, 15) is 27.2 Å². The van der Waals surface area contributed by atoms with Crippen LogP contribution in [-0.4, -0.2) is 60.7 Å². The molecule has 1 aromatic heterocycles. The van der Waals surface area contributed by atoms with Crippen molar-refractivity contribution in [3.05, 3.63) is 65.5 Å². The highest BCUT2D eigenvalue weighted by molar-refractivity contribution is 5.78. The van der Waals surface area contributed by atoms with Gasteiger partial charge in [-0.15, -0.1) is 0 Å². The monoisotopic (exact) mass is 592 g/mol. The highest BCUT2D eigenvalue weighted by Gasteiger charge is 2.41. The van der Waals surface area contributed by atoms with Gasteiger partial charge in [-0.05, 0) is 42.0 Å². The van der Waals surface area contributed by atoms with E-state index in [0.717, 1.165) is 5.56 Å². The summed E-state index contributed by atoms with van der Waals surface area (Å²) < 4.78 is 71.1. The fraction of sp³-hybridized carbons (Fsp3) is 0.483. The quantitative estimate of drug-likeness (QED) is 0.281. The van der Waals surface area contributed by atoms with Gasteiger partial charge in [0.15, 0.2) is 5.58 Å². The number of nitrogens with zero attached hydrogens (tertiary/aromatic N) is 2. The Kier molecular flexibility index (Phi) is 8.85. The van der Waals surface area contributed by atoms with Crippen molar-refractivity contribution in [2.45, 2.75) is 62.8 Å². The number of fused-ring (bicyclic) bond motifs is 1. The Morgan fingerprint density at radius 2 is 1.93 bits per heavy atom. The number of aromatic nitrogens is 1. The Bertz CT molecular complexity index is 1380. The van der Waals surface area contributed by atoms with Gasteiger partial charge in [-0.3, -0.25) is 0 Å². The largest absolute Gasteiger partial charge is 0.445 e. The number of nitrogens with one attached hydrogen (secondary N) is 2. The lowest BCUT2D eigenvalue weighted by atomic mass is 9.82. The first-order chi connectivity index (χ1) is 20.1. The second kappa shape index (κ2) is 12.6. The third kappa shape index (κ3) is 6.77. The van der Waals surface area contributed by atoms with Crippen LogP contribution in [0, 0.1) is 5.92 Å². The Morgan fingerprint density at radius 1 is 1.19 bits per heavy atom. The summed E-state index contributed by atoms with van der Waals surface area (Å²) in [4.78, 5) is 31.2. The molecule has 3 aromatic rings. The number of hydrogen-bond acceptors (Lipinski definition) is 6. The highest BCUT2D eigenvalue weighted by atomic mass is 19.3. The van der Waals surface area contributed by atoms with Crippen molar-refractivity contribution in [1.82, 2.24) is 20.5 Å². The maximum Gasteiger partial charge on any atom is 0.408 e. The van der Waals surface area contributed by atoms with Crippen LogP contribution in [0.25, 0.3) is 11.1 Å². The molecule has 3 atom stereocenters. The number of carbonyl (C=O) groups excluding carboxylic acids is 2. The average Bonchev–Trinajstić information content (AvgIpc) is 3.57. The van der Waals surface area contributed by atoms with E-state index in [2.05, 4.69) is 15.6 Å². The van der Waals surface area contributed by atoms with Crippen LogP contribution in [0.4, 0.5) is 27.2 Å². The van der Waals surface area contributed by atoms with Crippen LogP contribution in [0.1, 0.15) is 54.8 Å². The molecule has 2 fully saturated rings. The van der Waals surface area contributed by atoms with Crippen LogP contribution in [0.2, 0.25) is 0 Å². The van der Waals surface area contributed by atoms with Crippen LogP contribution in [0.5, 0.6) is 0 Å². The predicted octanol–water partition coefficient (Wildman–Crippen LogP) is 5.97. The number of methoxy groups -OCH3 is 1. The van der Waals surface area contributed by atoms with Crippen molar-refractivity contribution in [2.75, 3.05) is 20.3 Å². The van der Waals surface area contributed by atoms with Gasteiger partial charge in [-0.2, -0.15) is 0 Å². The van der Waals surface area contributed by atoms with Crippen molar-refractivity contribution in [3.63, 3.8) is 0 Å². The van der Waals surface area contributed by atoms with Gasteiger partial charge in [0.05, 0.1) is 12.6 Å². The summed E-state index contributed by atoms with van der Waals surface area (Å²) >= 11 is 0. The number of ether oxygens (including phenoxy) is 2. The maximum absolute atomic E-state index is 14.0. The molecule has 0 radical (unpaired) electrons. The average molecular weight is 593 g/mol. The summed E-state index contributed by atoms with van der Waals surface area (Å²) in [7, 11) is 1.44. The molecule has 1 saturated heterocycles. The molecule has 1 aliphatic carbocycles. The zero-order chi connectivity index (χ0) is 29.9. The van der Waals surface area contributed by atoms with E-state index in [-0.39, 0.29) is 57.3 Å². The predicted molar refractivity (Wildman–Crippen MR) is 143 cm³/mol. The van der Waals surface area contributed by atoms with Gasteiger partial charge < -0.3 is 29.4 Å². The number of benzene rings is 2. The van der Waals surface area contributed by atoms with Gasteiger partial charge in [-0.1, -0.05) is 36.4 Å². The van der Waals surface area contributed by atoms with Crippen LogP contribution >= 0.6 is 0 Å². The molecule has 2 heterocycles. The molecule has 9 nitrogen and oxygen atoms in total. The molecule has 1 saturated carbocycles. The zero-order valence-electron chi connectivity index (χ0n) is 22.9. The molecule has 0 spiro atoms. The van der Waals surface area contributed by atoms with E-state index in [1.165, 1.54) is 12.0 Å². The van der Waals surface area contributed by atoms with Crippen LogP contribution in [-0.2, 0) is 16.1 Å². The molecular weight excluding hydrogens is 560 g/mol. The van der Waals surface area contributed by atoms with Crippen molar-refractivity contribution in [2.24, 2.45) is 5.92 Å². The van der Waals surface area contributed by atoms with Crippen molar-refractivity contribution >= 4 is 23.2 Å². The molecule has 226 valence electrons. The Morgan fingerprint density at radius 3 is 2.60 bits per heavy atom. The first kappa shape index (κ1) is 29.6. The molecule has 0 bridgehead atoms. The molecule has 13 heteroatoms. The Labute approximate surface area is 239 Å². The number of oxazole rings is 1. The Hall–Kier alpha value is -3.87. The zero-order valence-corrected chi connectivity index (χ0v) is 22.9. The van der Waals surface area contributed by atoms with Crippen molar-refractivity contribution in [3.8, 4) is 0 Å². The van der Waals surface area contributed by atoms with Gasteiger partial charge in [0.1, 0.15) is 24.2 Å². The summed E-state index contributed by atoms with van der Waals surface area (Å²) in [5, 5.41) is 5.06. The normalized spacial score (nSPS) is 20.5. The van der Waals surface area contributed by atoms with E-state index < -0.39 is 42.6 Å². The molecule has 42 heavy (non-hydrogen) atoms. The standard InChI is InChI=1S/C29H32F4N4O5/c1-40-16-22(37-14-21(25(30)31)35-27(37)38)19-7-8-23-20(13-19)34-26(42-23)24(18-9-11-29(32,33)12-10-18)36-28(39)41-15-17-5-3-2-4-6-17/h2-8,13,18,21-22,24-25H,9-12,14-16H2,1H3,(H,35,38)(H,36,39)/t21-,22+,24+/m1/s1. The molecule has 2 N–H and O–H groups in total. The molecule has 5 rings (SSSR count). The highest BCUT2D eigenvalue weighted by Crippen LogP contribution is 2.42. The SMILES string of the molecule is COC[C@@H](c1ccc2oc([C@@H](NC(=O)OCc3ccccc3)C3CCC(F)(F)CC3)nc2c1)N1C[C@H](C(F)F)NC1=O. The second-order valence-electron chi connectivity index (χ2n) is 10.7. The summed E-state index contributed by atoms with van der Waals surface area (Å²) in [5.41, 5.74) is 2.12. The fourth-order valence-electron chi connectivity index (χ4n) is 5.49. The summed E-state index contributed by atoms with van der Waals surface area (Å²) in [6, 6.07) is 10.6. The third-order valence-electron chi connectivity index (χ3n) is 7.77. The third-order valence-corrected chi connectivity index (χ3v) is 7.77. The van der Waals surface area contributed by atoms with Gasteiger partial charge >= 0.3 is 12.1 Å². The lowest BCUT2D eigenvalue weighted by Crippen LogP contribution is -2.37. The van der Waals surface area contributed by atoms with Crippen LogP contribution in [0.3, 0.4) is 0 Å². The van der Waals surface area contributed by atoms with E-state index in [1.54, 1.807) is 18.2 Å². The maximum atomic E-state index is 14.0. The van der Waals surface area contributed by atoms with E-state index in [4.69, 9.17) is 13.9 Å². The molecule has 2 aromatic carbocycles. The van der Waals surface area contributed by atoms with Gasteiger partial charge in [0.25, 0.3) is 6.43 Å². The topological polar surface area (TPSA) is 106 Å². The molecular formula is C29H32F4N4O5. The fourth-order valence-corrected chi connectivity index (χ4v) is 5.49. The number of carbonyl (C=O) groups is 2. The van der Waals surface area contributed by atoms with Crippen molar-refractivity contribution in [1.29, 1.82) is 0 Å². The minimum Gasteiger partial charge on any atom is -0.445 e. The van der Waals surface area contributed by atoms with Gasteiger partial charge in [0.2, 0.25) is 11.8 Å². The second-order valence-corrected chi connectivity index (χ2v) is 10.7. The minimum absolute atomic E-state index is 0.0242. The lowest BCUT2D eigenvalue weighted by molar-refractivity contribution is -0.0505. The van der Waals surface area contributed by atoms with E-state index in [0.29, 0.717) is 16.7 Å². The number of hydrogen-bond donors (Lipinski definition) is 2. The lowest BCUT2D eigenvalue weighted by Gasteiger charge is -2.32. The smallest absolute Gasteiger partial charge is 0.408 e. The minimum atomic E-state index is -2.77. The number of amides is 3.